The quantitative estimate of drug-likeness (QED) is 0.789. The summed E-state index contributed by atoms with van der Waals surface area (Å²) in [5.74, 6) is 0. The fourth-order valence-electron chi connectivity index (χ4n) is 3.09. The fraction of sp³-hybridized carbons (Fsp3) is 0.412. The molecule has 1 aromatic heterocycles. The number of nitrogens with one attached hydrogen (secondary N) is 1. The molecule has 4 rings (SSSR count). The van der Waals surface area contributed by atoms with Crippen LogP contribution in [0.3, 0.4) is 0 Å². The van der Waals surface area contributed by atoms with E-state index in [1.54, 1.807) is 6.92 Å². The van der Waals surface area contributed by atoms with Crippen LogP contribution in [-0.4, -0.2) is 28.4 Å². The molecule has 0 saturated carbocycles. The monoisotopic (exact) mass is 394 g/mol. The number of phosphoric acid groups is 1. The molecule has 4 unspecified atom stereocenters. The van der Waals surface area contributed by atoms with Crippen molar-refractivity contribution in [2.45, 2.75) is 38.4 Å². The van der Waals surface area contributed by atoms with Crippen molar-refractivity contribution < 1.29 is 22.9 Å². The highest BCUT2D eigenvalue weighted by Crippen LogP contribution is 2.57. The molecule has 0 radical (unpaired) electrons. The molecule has 2 saturated heterocycles. The van der Waals surface area contributed by atoms with Gasteiger partial charge in [-0.05, 0) is 12.5 Å². The lowest BCUT2D eigenvalue weighted by atomic mass is 10.2. The van der Waals surface area contributed by atoms with Crippen LogP contribution in [0.5, 0.6) is 0 Å². The van der Waals surface area contributed by atoms with Crippen LogP contribution < -0.4 is 11.2 Å². The molecule has 2 aliphatic rings. The van der Waals surface area contributed by atoms with Crippen LogP contribution in [0.1, 0.15) is 23.8 Å². The molecule has 3 heterocycles. The van der Waals surface area contributed by atoms with E-state index in [0.717, 1.165) is 5.56 Å². The fourth-order valence-corrected chi connectivity index (χ4v) is 4.48. The lowest BCUT2D eigenvalue weighted by molar-refractivity contribution is -0.0730. The minimum atomic E-state index is -3.72. The van der Waals surface area contributed by atoms with Gasteiger partial charge in [0, 0.05) is 18.2 Å². The Balaban J connectivity index is 1.45. The van der Waals surface area contributed by atoms with Gasteiger partial charge in [-0.15, -0.1) is 0 Å². The Labute approximate surface area is 154 Å². The van der Waals surface area contributed by atoms with Crippen molar-refractivity contribution in [1.82, 2.24) is 9.55 Å². The van der Waals surface area contributed by atoms with Crippen molar-refractivity contribution in [2.24, 2.45) is 0 Å². The second kappa shape index (κ2) is 7.18. The van der Waals surface area contributed by atoms with Crippen LogP contribution in [0.4, 0.5) is 0 Å². The van der Waals surface area contributed by atoms with E-state index in [-0.39, 0.29) is 19.6 Å². The maximum Gasteiger partial charge on any atom is 0.475 e. The Morgan fingerprint density at radius 1 is 1.26 bits per heavy atom. The number of aromatic amines is 1. The highest BCUT2D eigenvalue weighted by molar-refractivity contribution is 7.48. The van der Waals surface area contributed by atoms with Gasteiger partial charge >= 0.3 is 13.5 Å². The summed E-state index contributed by atoms with van der Waals surface area (Å²) in [5, 5.41) is 0. The summed E-state index contributed by atoms with van der Waals surface area (Å²) in [6, 6.07) is 9.27. The Kier molecular flexibility index (Phi) is 4.88. The van der Waals surface area contributed by atoms with E-state index in [2.05, 4.69) is 4.98 Å². The van der Waals surface area contributed by atoms with Gasteiger partial charge in [0.1, 0.15) is 18.4 Å². The van der Waals surface area contributed by atoms with E-state index < -0.39 is 37.5 Å². The Morgan fingerprint density at radius 3 is 2.81 bits per heavy atom. The van der Waals surface area contributed by atoms with Crippen LogP contribution >= 0.6 is 7.82 Å². The van der Waals surface area contributed by atoms with Gasteiger partial charge in [-0.25, -0.2) is 9.36 Å². The molecule has 0 aliphatic carbocycles. The number of hydrogen-bond donors (Lipinski definition) is 1. The SMILES string of the molecule is Cc1cn(C2CC3OP(=O)(OCc4ccccc4)OCC3O2)c(=O)[nH]c1=O. The molecular formula is C17H19N2O7P. The zero-order valence-electron chi connectivity index (χ0n) is 14.6. The number of ether oxygens (including phenoxy) is 1. The summed E-state index contributed by atoms with van der Waals surface area (Å²) >= 11 is 0. The number of H-pyrrole nitrogens is 1. The van der Waals surface area contributed by atoms with Crippen molar-refractivity contribution >= 4 is 7.82 Å². The zero-order chi connectivity index (χ0) is 19.0. The number of fused-ring (bicyclic) bond motifs is 1. The van der Waals surface area contributed by atoms with Crippen molar-refractivity contribution in [3.63, 3.8) is 0 Å². The standard InChI is InChI=1S/C17H19N2O7P/c1-11-8-19(17(21)18-16(11)20)15-7-13-14(25-15)10-24-27(22,26-13)23-9-12-5-3-2-4-6-12/h2-6,8,13-15H,7,9-10H2,1H3,(H,18,20,21). The Morgan fingerprint density at radius 2 is 2.04 bits per heavy atom. The van der Waals surface area contributed by atoms with Gasteiger partial charge in [-0.3, -0.25) is 27.9 Å². The molecule has 2 aromatic rings. The molecule has 144 valence electrons. The lowest BCUT2D eigenvalue weighted by Gasteiger charge is -2.29. The number of hydrogen-bond acceptors (Lipinski definition) is 7. The first-order valence-corrected chi connectivity index (χ1v) is 9.98. The summed E-state index contributed by atoms with van der Waals surface area (Å²) in [5.41, 5.74) is 0.226. The molecule has 0 amide bonds. The molecule has 10 heteroatoms. The molecule has 27 heavy (non-hydrogen) atoms. The third-order valence-corrected chi connectivity index (χ3v) is 5.97. The third kappa shape index (κ3) is 3.83. The van der Waals surface area contributed by atoms with Crippen molar-refractivity contribution in [2.75, 3.05) is 6.61 Å². The predicted molar refractivity (Wildman–Crippen MR) is 94.2 cm³/mol. The number of aryl methyl sites for hydroxylation is 1. The molecule has 2 fully saturated rings. The Bertz CT molecular complexity index is 987. The second-order valence-corrected chi connectivity index (χ2v) is 8.11. The third-order valence-electron chi connectivity index (χ3n) is 4.53. The second-order valence-electron chi connectivity index (χ2n) is 6.49. The minimum Gasteiger partial charge on any atom is -0.349 e. The van der Waals surface area contributed by atoms with Crippen LogP contribution in [0.25, 0.3) is 0 Å². The van der Waals surface area contributed by atoms with E-state index in [0.29, 0.717) is 5.56 Å². The largest absolute Gasteiger partial charge is 0.475 e. The van der Waals surface area contributed by atoms with E-state index in [1.165, 1.54) is 10.8 Å². The summed E-state index contributed by atoms with van der Waals surface area (Å²) in [7, 11) is -3.72. The summed E-state index contributed by atoms with van der Waals surface area (Å²) in [6.45, 7) is 1.73. The molecular weight excluding hydrogens is 375 g/mol. The van der Waals surface area contributed by atoms with E-state index >= 15 is 0 Å². The van der Waals surface area contributed by atoms with Crippen molar-refractivity contribution in [3.8, 4) is 0 Å². The van der Waals surface area contributed by atoms with E-state index in [4.69, 9.17) is 18.3 Å². The smallest absolute Gasteiger partial charge is 0.349 e. The first-order chi connectivity index (χ1) is 12.9. The van der Waals surface area contributed by atoms with Gasteiger partial charge in [0.05, 0.1) is 13.2 Å². The maximum absolute atomic E-state index is 12.7. The van der Waals surface area contributed by atoms with Crippen molar-refractivity contribution in [1.29, 1.82) is 0 Å². The molecule has 1 aromatic carbocycles. The van der Waals surface area contributed by atoms with Gasteiger partial charge < -0.3 is 4.74 Å². The lowest BCUT2D eigenvalue weighted by Crippen LogP contribution is -2.34. The van der Waals surface area contributed by atoms with Crippen LogP contribution in [0.2, 0.25) is 0 Å². The number of nitrogens with zero attached hydrogens (tertiary/aromatic N) is 1. The highest BCUT2D eigenvalue weighted by Gasteiger charge is 2.48. The van der Waals surface area contributed by atoms with Gasteiger partial charge in [0.25, 0.3) is 5.56 Å². The van der Waals surface area contributed by atoms with Gasteiger partial charge in [-0.1, -0.05) is 30.3 Å². The molecule has 4 atom stereocenters. The van der Waals surface area contributed by atoms with Gasteiger partial charge in [0.15, 0.2) is 0 Å². The van der Waals surface area contributed by atoms with Crippen LogP contribution in [-0.2, 0) is 29.5 Å². The summed E-state index contributed by atoms with van der Waals surface area (Å²) in [6.07, 6.45) is 0.0708. The van der Waals surface area contributed by atoms with Crippen LogP contribution in [0, 0.1) is 6.92 Å². The average molecular weight is 394 g/mol. The highest BCUT2D eigenvalue weighted by atomic mass is 31.2. The Hall–Kier alpha value is -2.03. The maximum atomic E-state index is 12.7. The van der Waals surface area contributed by atoms with Crippen LogP contribution in [0.15, 0.2) is 46.1 Å². The summed E-state index contributed by atoms with van der Waals surface area (Å²) in [4.78, 5) is 25.8. The number of benzene rings is 1. The first-order valence-electron chi connectivity index (χ1n) is 8.52. The number of aromatic nitrogens is 2. The normalized spacial score (nSPS) is 30.2. The molecule has 9 nitrogen and oxygen atoms in total. The zero-order valence-corrected chi connectivity index (χ0v) is 15.5. The topological polar surface area (TPSA) is 109 Å². The summed E-state index contributed by atoms with van der Waals surface area (Å²) < 4.78 is 36.1. The molecule has 2 aliphatic heterocycles. The van der Waals surface area contributed by atoms with E-state index in [9.17, 15) is 14.2 Å². The molecule has 0 spiro atoms. The first kappa shape index (κ1) is 18.3. The van der Waals surface area contributed by atoms with Gasteiger partial charge in [-0.2, -0.15) is 0 Å². The predicted octanol–water partition coefficient (Wildman–Crippen LogP) is 1.87. The number of phosphoric ester groups is 1. The number of rotatable bonds is 4. The van der Waals surface area contributed by atoms with E-state index in [1.807, 2.05) is 30.3 Å². The van der Waals surface area contributed by atoms with Crippen molar-refractivity contribution in [3.05, 3.63) is 68.5 Å². The van der Waals surface area contributed by atoms with Gasteiger partial charge in [0.2, 0.25) is 0 Å². The molecule has 1 N–H and O–H groups in total. The molecule has 0 bridgehead atoms. The minimum absolute atomic E-state index is 0.0321. The average Bonchev–Trinajstić information content (AvgIpc) is 3.06.